The minimum atomic E-state index is 0.540. The second kappa shape index (κ2) is 5.66. The molecule has 15 heavy (non-hydrogen) atoms. The third kappa shape index (κ3) is 3.05. The molecule has 1 aromatic heterocycles. The highest BCUT2D eigenvalue weighted by atomic mass is 32.1. The van der Waals surface area contributed by atoms with Gasteiger partial charge in [-0.25, -0.2) is 0 Å². The van der Waals surface area contributed by atoms with Gasteiger partial charge in [-0.1, -0.05) is 27.2 Å². The number of hydrogen-bond acceptors (Lipinski definition) is 2. The molecule has 0 radical (unpaired) electrons. The van der Waals surface area contributed by atoms with Gasteiger partial charge in [-0.2, -0.15) is 0 Å². The summed E-state index contributed by atoms with van der Waals surface area (Å²) in [5.74, 6) is 0.710. The summed E-state index contributed by atoms with van der Waals surface area (Å²) in [4.78, 5) is 2.96. The first-order valence-electron chi connectivity index (χ1n) is 5.90. The highest BCUT2D eigenvalue weighted by Gasteiger charge is 2.20. The lowest BCUT2D eigenvalue weighted by Crippen LogP contribution is -2.26. The highest BCUT2D eigenvalue weighted by Crippen LogP contribution is 2.33. The van der Waals surface area contributed by atoms with Crippen LogP contribution in [0.1, 0.15) is 48.6 Å². The third-order valence-electron chi connectivity index (χ3n) is 3.00. The van der Waals surface area contributed by atoms with Crippen molar-refractivity contribution in [3.63, 3.8) is 0 Å². The first-order valence-corrected chi connectivity index (χ1v) is 6.72. The van der Waals surface area contributed by atoms with E-state index in [-0.39, 0.29) is 0 Å². The maximum absolute atomic E-state index is 3.61. The summed E-state index contributed by atoms with van der Waals surface area (Å²) >= 11 is 1.94. The Hall–Kier alpha value is -0.340. The smallest absolute Gasteiger partial charge is 0.0443 e. The molecule has 0 aromatic carbocycles. The zero-order valence-corrected chi connectivity index (χ0v) is 11.4. The van der Waals surface area contributed by atoms with Crippen molar-refractivity contribution in [2.45, 2.75) is 47.1 Å². The molecule has 2 atom stereocenters. The first-order chi connectivity index (χ1) is 7.10. The zero-order valence-electron chi connectivity index (χ0n) is 10.6. The standard InChI is InChI=1S/C13H23NS/c1-6-9(3)12(14-7-2)13-10(4)8-11(5)15-13/h8-9,12,14H,6-7H2,1-5H3. The summed E-state index contributed by atoms with van der Waals surface area (Å²) in [5.41, 5.74) is 1.45. The summed E-state index contributed by atoms with van der Waals surface area (Å²) in [6.45, 7) is 12.3. The maximum atomic E-state index is 3.61. The van der Waals surface area contributed by atoms with Crippen LogP contribution >= 0.6 is 11.3 Å². The van der Waals surface area contributed by atoms with Crippen molar-refractivity contribution in [3.05, 3.63) is 21.4 Å². The number of nitrogens with one attached hydrogen (secondary N) is 1. The van der Waals surface area contributed by atoms with Gasteiger partial charge in [-0.05, 0) is 37.9 Å². The molecule has 1 nitrogen and oxygen atoms in total. The number of rotatable bonds is 5. The van der Waals surface area contributed by atoms with Crippen LogP contribution in [0.25, 0.3) is 0 Å². The van der Waals surface area contributed by atoms with E-state index in [9.17, 15) is 0 Å². The topological polar surface area (TPSA) is 12.0 Å². The first kappa shape index (κ1) is 12.7. The summed E-state index contributed by atoms with van der Waals surface area (Å²) in [6.07, 6.45) is 1.23. The summed E-state index contributed by atoms with van der Waals surface area (Å²) in [6, 6.07) is 2.84. The SMILES string of the molecule is CCNC(c1sc(C)cc1C)C(C)CC. The van der Waals surface area contributed by atoms with Crippen LogP contribution in [0.2, 0.25) is 0 Å². The summed E-state index contributed by atoms with van der Waals surface area (Å²) in [5, 5.41) is 3.61. The fraction of sp³-hybridized carbons (Fsp3) is 0.692. The predicted molar refractivity (Wildman–Crippen MR) is 69.7 cm³/mol. The lowest BCUT2D eigenvalue weighted by atomic mass is 9.96. The molecule has 0 saturated heterocycles. The largest absolute Gasteiger partial charge is 0.309 e. The Labute approximate surface area is 97.9 Å². The molecule has 0 amide bonds. The molecule has 0 bridgehead atoms. The summed E-state index contributed by atoms with van der Waals surface area (Å²) in [7, 11) is 0. The van der Waals surface area contributed by atoms with Crippen molar-refractivity contribution < 1.29 is 0 Å². The molecule has 1 heterocycles. The molecule has 2 unspecified atom stereocenters. The molecule has 0 spiro atoms. The second-order valence-electron chi connectivity index (χ2n) is 4.33. The van der Waals surface area contributed by atoms with Crippen LogP contribution in [0.5, 0.6) is 0 Å². The van der Waals surface area contributed by atoms with Gasteiger partial charge < -0.3 is 5.32 Å². The van der Waals surface area contributed by atoms with Crippen LogP contribution in [-0.4, -0.2) is 6.54 Å². The molecular formula is C13H23NS. The minimum Gasteiger partial charge on any atom is -0.309 e. The average molecular weight is 225 g/mol. The molecule has 2 heteroatoms. The van der Waals surface area contributed by atoms with Crippen LogP contribution in [0.4, 0.5) is 0 Å². The fourth-order valence-corrected chi connectivity index (χ4v) is 3.22. The molecule has 1 N–H and O–H groups in total. The number of thiophene rings is 1. The monoisotopic (exact) mass is 225 g/mol. The quantitative estimate of drug-likeness (QED) is 0.797. The van der Waals surface area contributed by atoms with E-state index in [1.807, 2.05) is 11.3 Å². The lowest BCUT2D eigenvalue weighted by Gasteiger charge is -2.23. The molecule has 1 aromatic rings. The van der Waals surface area contributed by atoms with Crippen LogP contribution in [0.15, 0.2) is 6.07 Å². The minimum absolute atomic E-state index is 0.540. The van der Waals surface area contributed by atoms with Gasteiger partial charge in [-0.15, -0.1) is 11.3 Å². The Bertz CT molecular complexity index is 303. The van der Waals surface area contributed by atoms with E-state index in [1.165, 1.54) is 21.7 Å². The van der Waals surface area contributed by atoms with E-state index in [0.29, 0.717) is 12.0 Å². The molecule has 0 saturated carbocycles. The van der Waals surface area contributed by atoms with Crippen LogP contribution < -0.4 is 5.32 Å². The average Bonchev–Trinajstić information content (AvgIpc) is 2.53. The Morgan fingerprint density at radius 1 is 1.33 bits per heavy atom. The van der Waals surface area contributed by atoms with Crippen LogP contribution in [0.3, 0.4) is 0 Å². The third-order valence-corrected chi connectivity index (χ3v) is 4.23. The van der Waals surface area contributed by atoms with Crippen molar-refractivity contribution in [1.82, 2.24) is 5.32 Å². The highest BCUT2D eigenvalue weighted by molar-refractivity contribution is 7.12. The lowest BCUT2D eigenvalue weighted by molar-refractivity contribution is 0.388. The predicted octanol–water partition coefficient (Wildman–Crippen LogP) is 4.06. The maximum Gasteiger partial charge on any atom is 0.0443 e. The zero-order chi connectivity index (χ0) is 11.4. The Kier molecular flexibility index (Phi) is 4.81. The van der Waals surface area contributed by atoms with Crippen molar-refractivity contribution in [1.29, 1.82) is 0 Å². The number of hydrogen-bond donors (Lipinski definition) is 1. The van der Waals surface area contributed by atoms with Crippen molar-refractivity contribution in [2.75, 3.05) is 6.54 Å². The molecule has 0 fully saturated rings. The van der Waals surface area contributed by atoms with E-state index < -0.39 is 0 Å². The second-order valence-corrected chi connectivity index (χ2v) is 5.61. The molecule has 86 valence electrons. The number of aryl methyl sites for hydroxylation is 2. The fourth-order valence-electron chi connectivity index (χ4n) is 1.98. The van der Waals surface area contributed by atoms with E-state index >= 15 is 0 Å². The van der Waals surface area contributed by atoms with Gasteiger partial charge in [0.2, 0.25) is 0 Å². The molecule has 0 aliphatic carbocycles. The Balaban J connectivity index is 2.92. The van der Waals surface area contributed by atoms with E-state index in [0.717, 1.165) is 6.54 Å². The van der Waals surface area contributed by atoms with Crippen molar-refractivity contribution in [2.24, 2.45) is 5.92 Å². The van der Waals surface area contributed by atoms with Gasteiger partial charge in [0.25, 0.3) is 0 Å². The van der Waals surface area contributed by atoms with Gasteiger partial charge >= 0.3 is 0 Å². The van der Waals surface area contributed by atoms with Crippen LogP contribution in [-0.2, 0) is 0 Å². The van der Waals surface area contributed by atoms with Gasteiger partial charge in [0.1, 0.15) is 0 Å². The van der Waals surface area contributed by atoms with E-state index in [4.69, 9.17) is 0 Å². The van der Waals surface area contributed by atoms with E-state index in [2.05, 4.69) is 46.0 Å². The van der Waals surface area contributed by atoms with E-state index in [1.54, 1.807) is 0 Å². The molecule has 0 aliphatic heterocycles. The molecule has 1 rings (SSSR count). The summed E-state index contributed by atoms with van der Waals surface area (Å²) < 4.78 is 0. The molecular weight excluding hydrogens is 202 g/mol. The van der Waals surface area contributed by atoms with Crippen LogP contribution in [0, 0.1) is 19.8 Å². The molecule has 0 aliphatic rings. The Morgan fingerprint density at radius 3 is 2.40 bits per heavy atom. The van der Waals surface area contributed by atoms with Crippen molar-refractivity contribution >= 4 is 11.3 Å². The van der Waals surface area contributed by atoms with Crippen molar-refractivity contribution in [3.8, 4) is 0 Å². The normalized spacial score (nSPS) is 15.3. The van der Waals surface area contributed by atoms with Gasteiger partial charge in [-0.3, -0.25) is 0 Å². The van der Waals surface area contributed by atoms with Gasteiger partial charge in [0, 0.05) is 15.8 Å². The van der Waals surface area contributed by atoms with Gasteiger partial charge in [0.15, 0.2) is 0 Å². The Morgan fingerprint density at radius 2 is 2.00 bits per heavy atom. The van der Waals surface area contributed by atoms with Gasteiger partial charge in [0.05, 0.1) is 0 Å².